The molecular formula is C11H14BFO4. The SMILES string of the molecule is COc1c(F)cc(C2(C)COC2)cc1B(O)O. The molecule has 6 heteroatoms. The van der Waals surface area contributed by atoms with Crippen LogP contribution in [0.3, 0.4) is 0 Å². The van der Waals surface area contributed by atoms with Crippen molar-refractivity contribution in [2.75, 3.05) is 20.3 Å². The van der Waals surface area contributed by atoms with Crippen molar-refractivity contribution in [3.05, 3.63) is 23.5 Å². The first-order valence-electron chi connectivity index (χ1n) is 5.30. The summed E-state index contributed by atoms with van der Waals surface area (Å²) in [5, 5.41) is 18.4. The van der Waals surface area contributed by atoms with Crippen LogP contribution in [0.5, 0.6) is 5.75 Å². The van der Waals surface area contributed by atoms with Crippen LogP contribution in [-0.2, 0) is 10.2 Å². The second-order valence-electron chi connectivity index (χ2n) is 4.51. The number of benzene rings is 1. The van der Waals surface area contributed by atoms with E-state index in [2.05, 4.69) is 0 Å². The van der Waals surface area contributed by atoms with E-state index in [1.165, 1.54) is 13.2 Å². The lowest BCUT2D eigenvalue weighted by Gasteiger charge is -2.39. The van der Waals surface area contributed by atoms with Gasteiger partial charge in [0, 0.05) is 10.9 Å². The van der Waals surface area contributed by atoms with Gasteiger partial charge < -0.3 is 19.5 Å². The van der Waals surface area contributed by atoms with Gasteiger partial charge in [0.15, 0.2) is 11.6 Å². The normalized spacial score (nSPS) is 17.5. The molecule has 0 saturated carbocycles. The van der Waals surface area contributed by atoms with Gasteiger partial charge in [-0.25, -0.2) is 4.39 Å². The Morgan fingerprint density at radius 2 is 2.06 bits per heavy atom. The average molecular weight is 240 g/mol. The second-order valence-corrected chi connectivity index (χ2v) is 4.51. The van der Waals surface area contributed by atoms with Crippen molar-refractivity contribution in [3.63, 3.8) is 0 Å². The van der Waals surface area contributed by atoms with Crippen LogP contribution in [0.15, 0.2) is 12.1 Å². The standard InChI is InChI=1S/C11H14BFO4/c1-11(5-17-6-11)7-3-8(12(14)15)10(16-2)9(13)4-7/h3-4,14-15H,5-6H2,1-2H3. The Balaban J connectivity index is 2.50. The topological polar surface area (TPSA) is 58.9 Å². The van der Waals surface area contributed by atoms with E-state index >= 15 is 0 Å². The third-order valence-corrected chi connectivity index (χ3v) is 3.09. The molecule has 17 heavy (non-hydrogen) atoms. The van der Waals surface area contributed by atoms with E-state index in [1.807, 2.05) is 6.92 Å². The highest BCUT2D eigenvalue weighted by molar-refractivity contribution is 6.59. The second kappa shape index (κ2) is 4.29. The Labute approximate surface area is 99.1 Å². The van der Waals surface area contributed by atoms with E-state index in [0.717, 1.165) is 0 Å². The smallest absolute Gasteiger partial charge is 0.492 e. The van der Waals surface area contributed by atoms with Gasteiger partial charge in [0.1, 0.15) is 0 Å². The van der Waals surface area contributed by atoms with Gasteiger partial charge >= 0.3 is 7.12 Å². The summed E-state index contributed by atoms with van der Waals surface area (Å²) in [7, 11) is -0.470. The molecule has 1 heterocycles. The molecule has 1 saturated heterocycles. The van der Waals surface area contributed by atoms with Crippen LogP contribution in [0.1, 0.15) is 12.5 Å². The van der Waals surface area contributed by atoms with Crippen LogP contribution in [-0.4, -0.2) is 37.5 Å². The fourth-order valence-corrected chi connectivity index (χ4v) is 1.95. The summed E-state index contributed by atoms with van der Waals surface area (Å²) in [4.78, 5) is 0. The summed E-state index contributed by atoms with van der Waals surface area (Å²) in [6.45, 7) is 2.94. The van der Waals surface area contributed by atoms with Crippen molar-refractivity contribution in [1.29, 1.82) is 0 Å². The van der Waals surface area contributed by atoms with E-state index in [0.29, 0.717) is 18.8 Å². The number of hydrogen-bond acceptors (Lipinski definition) is 4. The molecule has 0 spiro atoms. The Kier molecular flexibility index (Phi) is 3.12. The van der Waals surface area contributed by atoms with Crippen LogP contribution in [0.2, 0.25) is 0 Å². The summed E-state index contributed by atoms with van der Waals surface area (Å²) in [6, 6.07) is 2.91. The predicted octanol–water partition coefficient (Wildman–Crippen LogP) is -0.198. The lowest BCUT2D eigenvalue weighted by Crippen LogP contribution is -2.45. The van der Waals surface area contributed by atoms with E-state index in [1.54, 1.807) is 6.07 Å². The minimum Gasteiger partial charge on any atom is -0.494 e. The third kappa shape index (κ3) is 2.03. The van der Waals surface area contributed by atoms with Crippen LogP contribution in [0.25, 0.3) is 0 Å². The van der Waals surface area contributed by atoms with Crippen molar-refractivity contribution in [2.45, 2.75) is 12.3 Å². The molecule has 1 aromatic carbocycles. The quantitative estimate of drug-likeness (QED) is 0.718. The Morgan fingerprint density at radius 3 is 2.47 bits per heavy atom. The first-order valence-corrected chi connectivity index (χ1v) is 5.30. The van der Waals surface area contributed by atoms with Crippen molar-refractivity contribution in [1.82, 2.24) is 0 Å². The zero-order valence-electron chi connectivity index (χ0n) is 9.74. The molecule has 1 fully saturated rings. The van der Waals surface area contributed by atoms with Gasteiger partial charge in [-0.1, -0.05) is 13.0 Å². The molecule has 1 aliphatic heterocycles. The van der Waals surface area contributed by atoms with Gasteiger partial charge in [0.2, 0.25) is 0 Å². The van der Waals surface area contributed by atoms with Gasteiger partial charge in [0.25, 0.3) is 0 Å². The molecule has 4 nitrogen and oxygen atoms in total. The summed E-state index contributed by atoms with van der Waals surface area (Å²) >= 11 is 0. The molecule has 1 aromatic rings. The summed E-state index contributed by atoms with van der Waals surface area (Å²) < 4.78 is 23.7. The van der Waals surface area contributed by atoms with Crippen LogP contribution in [0, 0.1) is 5.82 Å². The number of halogens is 1. The van der Waals surface area contributed by atoms with E-state index < -0.39 is 12.9 Å². The molecule has 0 unspecified atom stereocenters. The molecule has 2 rings (SSSR count). The fraction of sp³-hybridized carbons (Fsp3) is 0.455. The fourth-order valence-electron chi connectivity index (χ4n) is 1.95. The van der Waals surface area contributed by atoms with Gasteiger partial charge in [0.05, 0.1) is 20.3 Å². The average Bonchev–Trinajstić information content (AvgIpc) is 2.24. The molecule has 0 aromatic heterocycles. The lowest BCUT2D eigenvalue weighted by atomic mass is 9.73. The largest absolute Gasteiger partial charge is 0.494 e. The Morgan fingerprint density at radius 1 is 1.41 bits per heavy atom. The van der Waals surface area contributed by atoms with Crippen LogP contribution < -0.4 is 10.2 Å². The summed E-state index contributed by atoms with van der Waals surface area (Å²) in [5.41, 5.74) is 0.456. The van der Waals surface area contributed by atoms with Crippen LogP contribution >= 0.6 is 0 Å². The van der Waals surface area contributed by atoms with Crippen LogP contribution in [0.4, 0.5) is 4.39 Å². The van der Waals surface area contributed by atoms with Crippen molar-refractivity contribution >= 4 is 12.6 Å². The number of hydrogen-bond donors (Lipinski definition) is 2. The highest BCUT2D eigenvalue weighted by Gasteiger charge is 2.37. The molecule has 1 aliphatic rings. The van der Waals surface area contributed by atoms with E-state index in [4.69, 9.17) is 9.47 Å². The molecule has 0 amide bonds. The van der Waals surface area contributed by atoms with Gasteiger partial charge in [-0.3, -0.25) is 0 Å². The van der Waals surface area contributed by atoms with E-state index in [-0.39, 0.29) is 16.6 Å². The minimum atomic E-state index is -1.76. The van der Waals surface area contributed by atoms with Crippen molar-refractivity contribution < 1.29 is 23.9 Å². The molecule has 0 atom stereocenters. The molecule has 0 bridgehead atoms. The lowest BCUT2D eigenvalue weighted by molar-refractivity contribution is -0.0501. The third-order valence-electron chi connectivity index (χ3n) is 3.09. The molecular weight excluding hydrogens is 226 g/mol. The number of ether oxygens (including phenoxy) is 2. The first-order chi connectivity index (χ1) is 7.98. The Hall–Kier alpha value is -1.11. The predicted molar refractivity (Wildman–Crippen MR) is 60.9 cm³/mol. The maximum absolute atomic E-state index is 13.8. The zero-order valence-corrected chi connectivity index (χ0v) is 9.74. The number of rotatable bonds is 3. The van der Waals surface area contributed by atoms with Crippen molar-refractivity contribution in [3.8, 4) is 5.75 Å². The molecule has 0 aliphatic carbocycles. The van der Waals surface area contributed by atoms with Gasteiger partial charge in [-0.15, -0.1) is 0 Å². The number of methoxy groups -OCH3 is 1. The highest BCUT2D eigenvalue weighted by atomic mass is 19.1. The first kappa shape index (κ1) is 12.4. The van der Waals surface area contributed by atoms with Gasteiger partial charge in [-0.05, 0) is 11.6 Å². The van der Waals surface area contributed by atoms with Crippen molar-refractivity contribution in [2.24, 2.45) is 0 Å². The maximum Gasteiger partial charge on any atom is 0.492 e. The highest BCUT2D eigenvalue weighted by Crippen LogP contribution is 2.33. The maximum atomic E-state index is 13.8. The zero-order chi connectivity index (χ0) is 12.6. The monoisotopic (exact) mass is 240 g/mol. The minimum absolute atomic E-state index is 0.0376. The summed E-state index contributed by atoms with van der Waals surface area (Å²) in [5.74, 6) is -0.728. The summed E-state index contributed by atoms with van der Waals surface area (Å²) in [6.07, 6.45) is 0. The molecule has 92 valence electrons. The Bertz CT molecular complexity index is 432. The van der Waals surface area contributed by atoms with Gasteiger partial charge in [-0.2, -0.15) is 0 Å². The molecule has 0 radical (unpaired) electrons. The molecule has 2 N–H and O–H groups in total. The van der Waals surface area contributed by atoms with E-state index in [9.17, 15) is 14.4 Å².